The number of hydrogen-bond donors (Lipinski definition) is 0. The van der Waals surface area contributed by atoms with E-state index >= 15 is 0 Å². The van der Waals surface area contributed by atoms with Crippen molar-refractivity contribution in [2.75, 3.05) is 13.2 Å². The molecule has 8 heteroatoms. The molecule has 1 aromatic rings. The summed E-state index contributed by atoms with van der Waals surface area (Å²) < 4.78 is 22.6. The lowest BCUT2D eigenvalue weighted by atomic mass is 10.3. The highest BCUT2D eigenvalue weighted by Crippen LogP contribution is 2.32. The Labute approximate surface area is 110 Å². The fourth-order valence-electron chi connectivity index (χ4n) is 1.12. The molecule has 0 saturated carbocycles. The van der Waals surface area contributed by atoms with Crippen LogP contribution in [-0.2, 0) is 9.53 Å². The lowest BCUT2D eigenvalue weighted by Crippen LogP contribution is -2.15. The Hall–Kier alpha value is -1.70. The quantitative estimate of drug-likeness (QED) is 0.473. The maximum absolute atomic E-state index is 13.2. The van der Waals surface area contributed by atoms with Gasteiger partial charge in [0.2, 0.25) is 5.75 Å². The van der Waals surface area contributed by atoms with E-state index < -0.39 is 29.0 Å². The van der Waals surface area contributed by atoms with Crippen LogP contribution in [0.5, 0.6) is 5.75 Å². The number of nitro groups is 1. The van der Waals surface area contributed by atoms with Gasteiger partial charge in [-0.25, -0.2) is 9.18 Å². The van der Waals surface area contributed by atoms with Gasteiger partial charge in [-0.1, -0.05) is 0 Å². The number of halogens is 2. The predicted molar refractivity (Wildman–Crippen MR) is 62.9 cm³/mol. The summed E-state index contributed by atoms with van der Waals surface area (Å²) in [6.07, 6.45) is 0. The molecule has 0 N–H and O–H groups in total. The van der Waals surface area contributed by atoms with Crippen LogP contribution in [0.1, 0.15) is 6.92 Å². The third kappa shape index (κ3) is 3.66. The number of benzene rings is 1. The highest BCUT2D eigenvalue weighted by molar-refractivity contribution is 9.10. The summed E-state index contributed by atoms with van der Waals surface area (Å²) in [6.45, 7) is 1.26. The van der Waals surface area contributed by atoms with Gasteiger partial charge in [-0.3, -0.25) is 10.1 Å². The van der Waals surface area contributed by atoms with Crippen molar-refractivity contribution in [3.05, 3.63) is 32.5 Å². The predicted octanol–water partition coefficient (Wildman–Crippen LogP) is 2.44. The minimum Gasteiger partial charge on any atom is -0.475 e. The first-order valence-corrected chi connectivity index (χ1v) is 5.66. The van der Waals surface area contributed by atoms with Gasteiger partial charge in [0, 0.05) is 12.1 Å². The Morgan fingerprint density at radius 2 is 2.22 bits per heavy atom. The van der Waals surface area contributed by atoms with Gasteiger partial charge in [0.15, 0.2) is 6.61 Å². The molecule has 0 fully saturated rings. The average Bonchev–Trinajstić information content (AvgIpc) is 2.30. The Morgan fingerprint density at radius 1 is 1.56 bits per heavy atom. The summed E-state index contributed by atoms with van der Waals surface area (Å²) in [6, 6.07) is 1.80. The smallest absolute Gasteiger partial charge is 0.344 e. The molecule has 0 amide bonds. The number of ether oxygens (including phenoxy) is 2. The van der Waals surface area contributed by atoms with Gasteiger partial charge in [0.05, 0.1) is 16.0 Å². The highest BCUT2D eigenvalue weighted by Gasteiger charge is 2.19. The molecule has 6 nitrogen and oxygen atoms in total. The van der Waals surface area contributed by atoms with E-state index in [0.29, 0.717) is 0 Å². The van der Waals surface area contributed by atoms with E-state index in [1.54, 1.807) is 6.92 Å². The number of rotatable bonds is 5. The lowest BCUT2D eigenvalue weighted by Gasteiger charge is -2.07. The third-order valence-electron chi connectivity index (χ3n) is 1.85. The van der Waals surface area contributed by atoms with Crippen LogP contribution < -0.4 is 4.74 Å². The molecule has 0 aliphatic heterocycles. The first-order chi connectivity index (χ1) is 8.45. The van der Waals surface area contributed by atoms with E-state index in [9.17, 15) is 19.3 Å². The van der Waals surface area contributed by atoms with Crippen LogP contribution in [0.3, 0.4) is 0 Å². The Bertz CT molecular complexity index is 480. The lowest BCUT2D eigenvalue weighted by molar-refractivity contribution is -0.385. The van der Waals surface area contributed by atoms with Crippen LogP contribution in [0.25, 0.3) is 0 Å². The maximum Gasteiger partial charge on any atom is 0.344 e. The zero-order valence-corrected chi connectivity index (χ0v) is 10.9. The SMILES string of the molecule is CCOC(=O)COc1cc(F)c(Br)cc1[N+](=O)[O-]. The van der Waals surface area contributed by atoms with Crippen molar-refractivity contribution < 1.29 is 23.6 Å². The second-order valence-corrected chi connectivity index (χ2v) is 3.94. The van der Waals surface area contributed by atoms with Crippen molar-refractivity contribution in [2.45, 2.75) is 6.92 Å². The zero-order chi connectivity index (χ0) is 13.7. The molecule has 0 heterocycles. The molecule has 0 spiro atoms. The fourth-order valence-corrected chi connectivity index (χ4v) is 1.45. The largest absolute Gasteiger partial charge is 0.475 e. The molecule has 0 aromatic heterocycles. The summed E-state index contributed by atoms with van der Waals surface area (Å²) in [5, 5.41) is 10.7. The summed E-state index contributed by atoms with van der Waals surface area (Å²) in [5.74, 6) is -1.73. The number of nitro benzene ring substituents is 1. The van der Waals surface area contributed by atoms with Gasteiger partial charge in [-0.2, -0.15) is 0 Å². The standard InChI is InChI=1S/C10H9BrFNO5/c1-2-17-10(14)5-18-9-4-7(12)6(11)3-8(9)13(15)16/h3-4H,2,5H2,1H3. The molecule has 18 heavy (non-hydrogen) atoms. The van der Waals surface area contributed by atoms with Crippen LogP contribution in [-0.4, -0.2) is 24.1 Å². The van der Waals surface area contributed by atoms with Gasteiger partial charge >= 0.3 is 11.7 Å². The molecular formula is C10H9BrFNO5. The van der Waals surface area contributed by atoms with Gasteiger partial charge < -0.3 is 9.47 Å². The summed E-state index contributed by atoms with van der Waals surface area (Å²) in [5.41, 5.74) is -0.437. The van der Waals surface area contributed by atoms with Crippen LogP contribution in [0.2, 0.25) is 0 Å². The van der Waals surface area contributed by atoms with Gasteiger partial charge in [-0.05, 0) is 22.9 Å². The maximum atomic E-state index is 13.2. The zero-order valence-electron chi connectivity index (χ0n) is 9.31. The third-order valence-corrected chi connectivity index (χ3v) is 2.46. The van der Waals surface area contributed by atoms with Crippen molar-refractivity contribution in [3.8, 4) is 5.75 Å². The molecule has 1 rings (SSSR count). The number of hydrogen-bond acceptors (Lipinski definition) is 5. The molecule has 0 radical (unpaired) electrons. The molecule has 1 aromatic carbocycles. The second kappa shape index (κ2) is 6.29. The van der Waals surface area contributed by atoms with Gasteiger partial charge in [0.1, 0.15) is 5.82 Å². The molecule has 0 saturated heterocycles. The van der Waals surface area contributed by atoms with Crippen molar-refractivity contribution >= 4 is 27.6 Å². The summed E-state index contributed by atoms with van der Waals surface area (Å²) in [7, 11) is 0. The molecular weight excluding hydrogens is 313 g/mol. The minimum absolute atomic E-state index is 0.0577. The first kappa shape index (κ1) is 14.4. The Balaban J connectivity index is 2.90. The molecule has 0 aliphatic carbocycles. The number of nitrogens with zero attached hydrogens (tertiary/aromatic N) is 1. The topological polar surface area (TPSA) is 78.7 Å². The van der Waals surface area contributed by atoms with E-state index in [0.717, 1.165) is 12.1 Å². The normalized spacial score (nSPS) is 9.94. The average molecular weight is 322 g/mol. The van der Waals surface area contributed by atoms with E-state index in [2.05, 4.69) is 20.7 Å². The second-order valence-electron chi connectivity index (χ2n) is 3.08. The van der Waals surface area contributed by atoms with Gasteiger partial charge in [0.25, 0.3) is 0 Å². The monoisotopic (exact) mass is 321 g/mol. The first-order valence-electron chi connectivity index (χ1n) is 4.87. The number of carbonyl (C=O) groups is 1. The molecule has 98 valence electrons. The van der Waals surface area contributed by atoms with Crippen LogP contribution in [0.4, 0.5) is 10.1 Å². The Morgan fingerprint density at radius 3 is 2.78 bits per heavy atom. The van der Waals surface area contributed by atoms with E-state index in [1.807, 2.05) is 0 Å². The molecule has 0 unspecified atom stereocenters. The van der Waals surface area contributed by atoms with Crippen LogP contribution in [0.15, 0.2) is 16.6 Å². The molecule has 0 aliphatic rings. The van der Waals surface area contributed by atoms with E-state index in [-0.39, 0.29) is 16.8 Å². The molecule has 0 bridgehead atoms. The molecule has 0 atom stereocenters. The van der Waals surface area contributed by atoms with Crippen molar-refractivity contribution in [2.24, 2.45) is 0 Å². The summed E-state index contributed by atoms with van der Waals surface area (Å²) in [4.78, 5) is 21.0. The van der Waals surface area contributed by atoms with Crippen molar-refractivity contribution in [3.63, 3.8) is 0 Å². The van der Waals surface area contributed by atoms with E-state index in [4.69, 9.17) is 4.74 Å². The van der Waals surface area contributed by atoms with Crippen molar-refractivity contribution in [1.29, 1.82) is 0 Å². The number of esters is 1. The summed E-state index contributed by atoms with van der Waals surface area (Å²) >= 11 is 2.83. The van der Waals surface area contributed by atoms with Crippen LogP contribution in [0, 0.1) is 15.9 Å². The number of carbonyl (C=O) groups excluding carboxylic acids is 1. The minimum atomic E-state index is -0.731. The van der Waals surface area contributed by atoms with E-state index in [1.165, 1.54) is 0 Å². The van der Waals surface area contributed by atoms with Gasteiger partial charge in [-0.15, -0.1) is 0 Å². The van der Waals surface area contributed by atoms with Crippen molar-refractivity contribution in [1.82, 2.24) is 0 Å². The Kier molecular flexibility index (Phi) is 5.02. The van der Waals surface area contributed by atoms with Crippen LogP contribution >= 0.6 is 15.9 Å². The highest BCUT2D eigenvalue weighted by atomic mass is 79.9. The fraction of sp³-hybridized carbons (Fsp3) is 0.300.